The molecule has 0 spiro atoms. The molecule has 1 aromatic heterocycles. The second kappa shape index (κ2) is 16.9. The molecule has 2 heterocycles. The highest BCUT2D eigenvalue weighted by molar-refractivity contribution is 5.86. The molecule has 3 aromatic rings. The molecule has 0 unspecified atom stereocenters. The first kappa shape index (κ1) is 34.6. The number of anilines is 2. The highest BCUT2D eigenvalue weighted by Crippen LogP contribution is 2.35. The number of likely N-dealkylation sites (N-methyl/N-ethyl adjacent to an activating group) is 1. The number of allylic oxidation sites excluding steroid dienone is 7. The number of piperidine rings is 1. The molecule has 7 heteroatoms. The van der Waals surface area contributed by atoms with Gasteiger partial charge in [0.25, 0.3) is 0 Å². The molecule has 2 aromatic carbocycles. The number of para-hydroxylation sites is 1. The van der Waals surface area contributed by atoms with Gasteiger partial charge in [0.05, 0.1) is 11.4 Å². The van der Waals surface area contributed by atoms with Gasteiger partial charge in [0.15, 0.2) is 0 Å². The van der Waals surface area contributed by atoms with Gasteiger partial charge in [-0.3, -0.25) is 5.10 Å². The minimum Gasteiger partial charge on any atom is -0.383 e. The molecule has 5 rings (SSSR count). The Morgan fingerprint density at radius 1 is 1.08 bits per heavy atom. The van der Waals surface area contributed by atoms with Crippen LogP contribution in [0.2, 0.25) is 0 Å². The third-order valence-electron chi connectivity index (χ3n) is 9.47. The monoisotopic (exact) mass is 643 g/mol. The number of nitrogens with zero attached hydrogens (tertiary/aromatic N) is 3. The number of nitrogens with one attached hydrogen (secondary N) is 4. The Kier molecular flexibility index (Phi) is 12.2. The highest BCUT2D eigenvalue weighted by Gasteiger charge is 2.19. The number of aromatic amines is 1. The number of rotatable bonds is 16. The standard InChI is InChI=1S/C41H53N7/c1-7-37-40(44-45-41(37)38-18-13-19-39(32(38)5)43-33(6)46-48-27-24-30(3)25-28-48)35-15-12-14-34(22-23-35)21-20-31(4)47(8-2)29-26-42-36-16-10-9-11-17-36/h7,9-13,15-19,22-23,30,42-43,46H,1,4,6,8,14,20-21,24-29H2,2-3,5H3,(H,44,45). The quantitative estimate of drug-likeness (QED) is 0.125. The number of H-pyrrole nitrogens is 1. The molecule has 1 fully saturated rings. The second-order valence-corrected chi connectivity index (χ2v) is 12.9. The highest BCUT2D eigenvalue weighted by atomic mass is 15.5. The SMILES string of the molecule is C=Cc1c(C2=CC=C(CCC(=C)N(CC)CCNc3ccccc3)CC=C2)n[nH]c1-c1cccc(NC(=C)NN2CCC(C)CC2)c1C. The van der Waals surface area contributed by atoms with Crippen molar-refractivity contribution in [2.45, 2.75) is 52.9 Å². The minimum absolute atomic E-state index is 0.779. The van der Waals surface area contributed by atoms with Crippen LogP contribution in [0.3, 0.4) is 0 Å². The maximum Gasteiger partial charge on any atom is 0.110 e. The first-order chi connectivity index (χ1) is 23.4. The maximum atomic E-state index is 4.80. The van der Waals surface area contributed by atoms with Gasteiger partial charge in [0.2, 0.25) is 0 Å². The third kappa shape index (κ3) is 8.98. The summed E-state index contributed by atoms with van der Waals surface area (Å²) in [4.78, 5) is 2.37. The number of aromatic nitrogens is 2. The van der Waals surface area contributed by atoms with Gasteiger partial charge in [-0.05, 0) is 75.6 Å². The summed E-state index contributed by atoms with van der Waals surface area (Å²) in [7, 11) is 0. The summed E-state index contributed by atoms with van der Waals surface area (Å²) in [5.74, 6) is 1.56. The van der Waals surface area contributed by atoms with E-state index >= 15 is 0 Å². The van der Waals surface area contributed by atoms with E-state index in [9.17, 15) is 0 Å². The predicted octanol–water partition coefficient (Wildman–Crippen LogP) is 9.15. The Morgan fingerprint density at radius 2 is 1.88 bits per heavy atom. The fraction of sp³-hybridized carbons (Fsp3) is 0.341. The average Bonchev–Trinajstić information content (AvgIpc) is 3.38. The first-order valence-electron chi connectivity index (χ1n) is 17.4. The fourth-order valence-electron chi connectivity index (χ4n) is 6.42. The lowest BCUT2D eigenvalue weighted by molar-refractivity contribution is 0.148. The van der Waals surface area contributed by atoms with Crippen LogP contribution in [-0.2, 0) is 0 Å². The Bertz CT molecular complexity index is 1650. The number of benzene rings is 2. The lowest BCUT2D eigenvalue weighted by Gasteiger charge is -2.32. The van der Waals surface area contributed by atoms with Crippen LogP contribution in [0.5, 0.6) is 0 Å². The maximum absolute atomic E-state index is 4.80. The summed E-state index contributed by atoms with van der Waals surface area (Å²) in [6.07, 6.45) is 16.0. The summed E-state index contributed by atoms with van der Waals surface area (Å²) in [5.41, 5.74) is 14.3. The van der Waals surface area contributed by atoms with Gasteiger partial charge in [0.1, 0.15) is 5.82 Å². The summed E-state index contributed by atoms with van der Waals surface area (Å²) in [5, 5.41) is 17.4. The van der Waals surface area contributed by atoms with Gasteiger partial charge in [-0.1, -0.05) is 92.9 Å². The zero-order chi connectivity index (χ0) is 33.9. The zero-order valence-electron chi connectivity index (χ0n) is 29.1. The fourth-order valence-corrected chi connectivity index (χ4v) is 6.42. The topological polar surface area (TPSA) is 71.2 Å². The van der Waals surface area contributed by atoms with Crippen molar-refractivity contribution in [1.29, 1.82) is 0 Å². The van der Waals surface area contributed by atoms with Crippen molar-refractivity contribution in [3.05, 3.63) is 126 Å². The van der Waals surface area contributed by atoms with Crippen molar-refractivity contribution in [3.63, 3.8) is 0 Å². The molecule has 48 heavy (non-hydrogen) atoms. The number of hydrazine groups is 1. The molecule has 1 saturated heterocycles. The van der Waals surface area contributed by atoms with E-state index < -0.39 is 0 Å². The van der Waals surface area contributed by atoms with Crippen LogP contribution in [-0.4, -0.2) is 52.8 Å². The van der Waals surface area contributed by atoms with Gasteiger partial charge in [0, 0.05) is 66.5 Å². The molecule has 1 aliphatic heterocycles. The van der Waals surface area contributed by atoms with Crippen LogP contribution in [0, 0.1) is 12.8 Å². The summed E-state index contributed by atoms with van der Waals surface area (Å²) in [6.45, 7) is 24.3. The van der Waals surface area contributed by atoms with E-state index in [4.69, 9.17) is 5.10 Å². The molecular weight excluding hydrogens is 591 g/mol. The van der Waals surface area contributed by atoms with Gasteiger partial charge in [-0.15, -0.1) is 0 Å². The molecular formula is C41H53N7. The molecule has 0 atom stereocenters. The first-order valence-corrected chi connectivity index (χ1v) is 17.4. The molecule has 0 bridgehead atoms. The largest absolute Gasteiger partial charge is 0.383 e. The van der Waals surface area contributed by atoms with E-state index in [0.717, 1.165) is 109 Å². The third-order valence-corrected chi connectivity index (χ3v) is 9.47. The predicted molar refractivity (Wildman–Crippen MR) is 205 cm³/mol. The van der Waals surface area contributed by atoms with Gasteiger partial charge in [-0.2, -0.15) is 5.10 Å². The van der Waals surface area contributed by atoms with Crippen LogP contribution in [0.4, 0.5) is 11.4 Å². The molecule has 0 amide bonds. The van der Waals surface area contributed by atoms with E-state index in [1.54, 1.807) is 0 Å². The molecule has 7 nitrogen and oxygen atoms in total. The summed E-state index contributed by atoms with van der Waals surface area (Å²) < 4.78 is 0. The van der Waals surface area contributed by atoms with Crippen LogP contribution in [0.25, 0.3) is 22.9 Å². The Balaban J connectivity index is 1.22. The van der Waals surface area contributed by atoms with E-state index in [2.05, 4.69) is 138 Å². The van der Waals surface area contributed by atoms with Gasteiger partial charge >= 0.3 is 0 Å². The van der Waals surface area contributed by atoms with Crippen LogP contribution in [0.15, 0.2) is 110 Å². The Morgan fingerprint density at radius 3 is 2.62 bits per heavy atom. The molecule has 0 saturated carbocycles. The van der Waals surface area contributed by atoms with Crippen molar-refractivity contribution in [1.82, 2.24) is 25.5 Å². The number of hydrogen-bond donors (Lipinski definition) is 4. The molecule has 252 valence electrons. The van der Waals surface area contributed by atoms with Gasteiger partial charge < -0.3 is 21.0 Å². The average molecular weight is 644 g/mol. The van der Waals surface area contributed by atoms with E-state index in [0.29, 0.717) is 0 Å². The number of hydrogen-bond acceptors (Lipinski definition) is 6. The molecule has 4 N–H and O–H groups in total. The second-order valence-electron chi connectivity index (χ2n) is 12.9. The normalized spacial score (nSPS) is 15.2. The minimum atomic E-state index is 0.779. The lowest BCUT2D eigenvalue weighted by Crippen LogP contribution is -2.43. The zero-order valence-corrected chi connectivity index (χ0v) is 29.1. The van der Waals surface area contributed by atoms with Crippen LogP contribution >= 0.6 is 0 Å². The summed E-state index contributed by atoms with van der Waals surface area (Å²) in [6, 6.07) is 16.7. The molecule has 0 radical (unpaired) electrons. The van der Waals surface area contributed by atoms with Gasteiger partial charge in [-0.25, -0.2) is 5.01 Å². The van der Waals surface area contributed by atoms with Crippen molar-refractivity contribution < 1.29 is 0 Å². The Labute approximate surface area is 287 Å². The Hall–Kier alpha value is -4.75. The van der Waals surface area contributed by atoms with Crippen molar-refractivity contribution in [2.75, 3.05) is 43.4 Å². The van der Waals surface area contributed by atoms with E-state index in [1.807, 2.05) is 12.1 Å². The van der Waals surface area contributed by atoms with Crippen molar-refractivity contribution >= 4 is 23.0 Å². The van der Waals surface area contributed by atoms with E-state index in [1.165, 1.54) is 24.1 Å². The van der Waals surface area contributed by atoms with Crippen LogP contribution in [0.1, 0.15) is 62.8 Å². The molecule has 2 aliphatic rings. The van der Waals surface area contributed by atoms with Crippen LogP contribution < -0.4 is 16.1 Å². The molecule has 1 aliphatic carbocycles. The van der Waals surface area contributed by atoms with Crippen molar-refractivity contribution in [2.24, 2.45) is 5.92 Å². The van der Waals surface area contributed by atoms with E-state index in [-0.39, 0.29) is 0 Å². The lowest BCUT2D eigenvalue weighted by atomic mass is 9.97. The summed E-state index contributed by atoms with van der Waals surface area (Å²) >= 11 is 0. The smallest absolute Gasteiger partial charge is 0.110 e. The van der Waals surface area contributed by atoms with Crippen molar-refractivity contribution in [3.8, 4) is 11.3 Å².